The fraction of sp³-hybridized carbons (Fsp3) is 0.316. The molecule has 5 aromatic rings. The SMILES string of the molecule is O=C(NC1CCCCC1)c1cc(-c2ccccc2)nc2cc3nc(-c4ccccc4)cc(C(=O)NC4CCCCC4)c3cc12. The van der Waals surface area contributed by atoms with Gasteiger partial charge in [-0.1, -0.05) is 99.2 Å². The molecule has 2 heterocycles. The van der Waals surface area contributed by atoms with Crippen LogP contribution in [-0.2, 0) is 0 Å². The van der Waals surface area contributed by atoms with E-state index in [2.05, 4.69) is 10.6 Å². The standard InChI is InChI=1S/C38H38N4O2/c43-37(39-27-17-9-3-10-18-27)31-22-33(25-13-5-1-6-14-25)41-35-24-36-30(21-29(31)35)32(38(44)40-28-19-11-4-12-20-28)23-34(42-36)26-15-7-2-8-16-26/h1-2,5-8,13-16,21-24,27-28H,3-4,9-12,17-20H2,(H,39,43)(H,40,44). The maximum Gasteiger partial charge on any atom is 0.252 e. The van der Waals surface area contributed by atoms with Gasteiger partial charge >= 0.3 is 0 Å². The summed E-state index contributed by atoms with van der Waals surface area (Å²) in [5.74, 6) is -0.189. The number of hydrogen-bond donors (Lipinski definition) is 2. The Bertz CT molecular complexity index is 1680. The molecule has 7 rings (SSSR count). The van der Waals surface area contributed by atoms with Crippen LogP contribution < -0.4 is 10.6 Å². The Hall–Kier alpha value is -4.58. The summed E-state index contributed by atoms with van der Waals surface area (Å²) < 4.78 is 0. The van der Waals surface area contributed by atoms with E-state index in [-0.39, 0.29) is 23.9 Å². The van der Waals surface area contributed by atoms with Gasteiger partial charge in [0.25, 0.3) is 11.8 Å². The lowest BCUT2D eigenvalue weighted by atomic mass is 9.94. The highest BCUT2D eigenvalue weighted by Crippen LogP contribution is 2.32. The molecule has 2 aliphatic rings. The highest BCUT2D eigenvalue weighted by Gasteiger charge is 2.23. The smallest absolute Gasteiger partial charge is 0.252 e. The molecule has 0 saturated heterocycles. The Morgan fingerprint density at radius 3 is 1.34 bits per heavy atom. The summed E-state index contributed by atoms with van der Waals surface area (Å²) in [5.41, 5.74) is 5.88. The van der Waals surface area contributed by atoms with E-state index < -0.39 is 0 Å². The van der Waals surface area contributed by atoms with Crippen molar-refractivity contribution in [3.8, 4) is 22.5 Å². The van der Waals surface area contributed by atoms with Gasteiger partial charge in [-0.15, -0.1) is 0 Å². The number of aromatic nitrogens is 2. The van der Waals surface area contributed by atoms with Crippen molar-refractivity contribution in [3.63, 3.8) is 0 Å². The molecule has 2 N–H and O–H groups in total. The third-order valence-corrected chi connectivity index (χ3v) is 9.25. The summed E-state index contributed by atoms with van der Waals surface area (Å²) in [5, 5.41) is 8.09. The Labute approximate surface area is 258 Å². The Morgan fingerprint density at radius 2 is 0.932 bits per heavy atom. The molecule has 2 aliphatic carbocycles. The first-order valence-corrected chi connectivity index (χ1v) is 16.1. The van der Waals surface area contributed by atoms with Gasteiger partial charge in [0.1, 0.15) is 0 Å². The molecule has 6 nitrogen and oxygen atoms in total. The van der Waals surface area contributed by atoms with Crippen LogP contribution in [0.4, 0.5) is 0 Å². The van der Waals surface area contributed by atoms with Crippen molar-refractivity contribution in [1.82, 2.24) is 20.6 Å². The van der Waals surface area contributed by atoms with Crippen LogP contribution in [0.2, 0.25) is 0 Å². The minimum Gasteiger partial charge on any atom is -0.349 e. The van der Waals surface area contributed by atoms with Crippen LogP contribution in [0.15, 0.2) is 84.9 Å². The molecule has 2 saturated carbocycles. The number of carbonyl (C=O) groups excluding carboxylic acids is 2. The van der Waals surface area contributed by atoms with E-state index in [1.165, 1.54) is 12.8 Å². The highest BCUT2D eigenvalue weighted by atomic mass is 16.2. The summed E-state index contributed by atoms with van der Waals surface area (Å²) in [6.07, 6.45) is 11.0. The second-order valence-corrected chi connectivity index (χ2v) is 12.3. The number of hydrogen-bond acceptors (Lipinski definition) is 4. The number of benzene rings is 3. The molecular formula is C38H38N4O2. The summed E-state index contributed by atoms with van der Waals surface area (Å²) >= 11 is 0. The second-order valence-electron chi connectivity index (χ2n) is 12.3. The monoisotopic (exact) mass is 582 g/mol. The van der Waals surface area contributed by atoms with Gasteiger partial charge in [0, 0.05) is 34.0 Å². The van der Waals surface area contributed by atoms with Crippen LogP contribution in [0.3, 0.4) is 0 Å². The van der Waals surface area contributed by atoms with Crippen LogP contribution in [0, 0.1) is 0 Å². The van der Waals surface area contributed by atoms with Gasteiger partial charge in [-0.25, -0.2) is 9.97 Å². The van der Waals surface area contributed by atoms with E-state index in [1.807, 2.05) is 84.9 Å². The van der Waals surface area contributed by atoms with E-state index >= 15 is 0 Å². The fourth-order valence-electron chi connectivity index (χ4n) is 6.86. The molecule has 222 valence electrons. The van der Waals surface area contributed by atoms with E-state index in [1.54, 1.807) is 0 Å². The van der Waals surface area contributed by atoms with E-state index in [0.29, 0.717) is 22.2 Å². The zero-order chi connectivity index (χ0) is 29.9. The van der Waals surface area contributed by atoms with Gasteiger partial charge in [-0.05, 0) is 49.9 Å². The van der Waals surface area contributed by atoms with Crippen molar-refractivity contribution < 1.29 is 9.59 Å². The summed E-state index contributed by atoms with van der Waals surface area (Å²) in [4.78, 5) is 37.9. The molecule has 0 bridgehead atoms. The molecule has 0 spiro atoms. The van der Waals surface area contributed by atoms with E-state index in [4.69, 9.17) is 9.97 Å². The lowest BCUT2D eigenvalue weighted by Crippen LogP contribution is -2.36. The quantitative estimate of drug-likeness (QED) is 0.198. The van der Waals surface area contributed by atoms with Crippen molar-refractivity contribution in [1.29, 1.82) is 0 Å². The number of pyridine rings is 2. The van der Waals surface area contributed by atoms with Crippen LogP contribution >= 0.6 is 0 Å². The number of fused-ring (bicyclic) bond motifs is 2. The molecule has 2 amide bonds. The summed E-state index contributed by atoms with van der Waals surface area (Å²) in [6, 6.07) is 28.0. The van der Waals surface area contributed by atoms with Crippen molar-refractivity contribution in [2.24, 2.45) is 0 Å². The highest BCUT2D eigenvalue weighted by molar-refractivity contribution is 6.14. The molecule has 2 fully saturated rings. The van der Waals surface area contributed by atoms with E-state index in [9.17, 15) is 9.59 Å². The van der Waals surface area contributed by atoms with Crippen LogP contribution in [-0.4, -0.2) is 33.9 Å². The molecule has 6 heteroatoms. The Morgan fingerprint density at radius 1 is 0.523 bits per heavy atom. The third-order valence-electron chi connectivity index (χ3n) is 9.25. The molecular weight excluding hydrogens is 544 g/mol. The lowest BCUT2D eigenvalue weighted by molar-refractivity contribution is 0.0921. The first-order valence-electron chi connectivity index (χ1n) is 16.1. The normalized spacial score (nSPS) is 16.2. The molecule has 44 heavy (non-hydrogen) atoms. The van der Waals surface area contributed by atoms with Crippen molar-refractivity contribution in [3.05, 3.63) is 96.1 Å². The van der Waals surface area contributed by atoms with Gasteiger partial charge in [0.2, 0.25) is 0 Å². The second kappa shape index (κ2) is 12.6. The van der Waals surface area contributed by atoms with Gasteiger partial charge in [0.15, 0.2) is 0 Å². The molecule has 2 aromatic heterocycles. The Kier molecular flexibility index (Phi) is 8.06. The van der Waals surface area contributed by atoms with Crippen LogP contribution in [0.25, 0.3) is 44.3 Å². The average molecular weight is 583 g/mol. The van der Waals surface area contributed by atoms with Gasteiger partial charge in [0.05, 0.1) is 33.5 Å². The van der Waals surface area contributed by atoms with Crippen LogP contribution in [0.5, 0.6) is 0 Å². The number of amides is 2. The Balaban J connectivity index is 1.40. The predicted molar refractivity (Wildman–Crippen MR) is 177 cm³/mol. The van der Waals surface area contributed by atoms with Crippen molar-refractivity contribution in [2.45, 2.75) is 76.3 Å². The third kappa shape index (κ3) is 5.94. The van der Waals surface area contributed by atoms with Gasteiger partial charge in [-0.3, -0.25) is 9.59 Å². The van der Waals surface area contributed by atoms with Crippen LogP contribution in [0.1, 0.15) is 84.9 Å². The van der Waals surface area contributed by atoms with E-state index in [0.717, 1.165) is 84.7 Å². The zero-order valence-electron chi connectivity index (χ0n) is 25.0. The first-order chi connectivity index (χ1) is 21.6. The number of nitrogens with one attached hydrogen (secondary N) is 2. The minimum atomic E-state index is -0.0945. The maximum absolute atomic E-state index is 13.9. The molecule has 0 radical (unpaired) electrons. The lowest BCUT2D eigenvalue weighted by Gasteiger charge is -2.24. The maximum atomic E-state index is 13.9. The number of nitrogens with zero attached hydrogens (tertiary/aromatic N) is 2. The summed E-state index contributed by atoms with van der Waals surface area (Å²) in [6.45, 7) is 0. The predicted octanol–water partition coefficient (Wildman–Crippen LogP) is 8.24. The molecule has 0 aliphatic heterocycles. The van der Waals surface area contributed by atoms with Gasteiger partial charge < -0.3 is 10.6 Å². The first kappa shape index (κ1) is 28.2. The molecule has 0 unspecified atom stereocenters. The molecule has 3 aromatic carbocycles. The van der Waals surface area contributed by atoms with Crippen molar-refractivity contribution in [2.75, 3.05) is 0 Å². The topological polar surface area (TPSA) is 84.0 Å². The number of rotatable bonds is 6. The summed E-state index contributed by atoms with van der Waals surface area (Å²) in [7, 11) is 0. The van der Waals surface area contributed by atoms with Gasteiger partial charge in [-0.2, -0.15) is 0 Å². The van der Waals surface area contributed by atoms with Crippen molar-refractivity contribution >= 4 is 33.6 Å². The zero-order valence-corrected chi connectivity index (χ0v) is 25.0. The number of carbonyl (C=O) groups is 2. The average Bonchev–Trinajstić information content (AvgIpc) is 3.08. The molecule has 0 atom stereocenters. The largest absolute Gasteiger partial charge is 0.349 e. The fourth-order valence-corrected chi connectivity index (χ4v) is 6.86. The minimum absolute atomic E-state index is 0.0945.